The number of anilines is 1. The van der Waals surface area contributed by atoms with Crippen LogP contribution in [0, 0.1) is 0 Å². The molecule has 0 unspecified atom stereocenters. The van der Waals surface area contributed by atoms with Crippen LogP contribution >= 0.6 is 11.6 Å². The van der Waals surface area contributed by atoms with Crippen molar-refractivity contribution < 1.29 is 4.79 Å². The highest BCUT2D eigenvalue weighted by molar-refractivity contribution is 6.33. The van der Waals surface area contributed by atoms with Crippen LogP contribution in [0.4, 0.5) is 5.69 Å². The van der Waals surface area contributed by atoms with Gasteiger partial charge in [0.15, 0.2) is 0 Å². The molecule has 0 aliphatic carbocycles. The zero-order valence-electron chi connectivity index (χ0n) is 17.9. The van der Waals surface area contributed by atoms with Gasteiger partial charge in [-0.05, 0) is 24.3 Å². The lowest BCUT2D eigenvalue weighted by Crippen LogP contribution is -2.49. The van der Waals surface area contributed by atoms with Crippen molar-refractivity contribution in [1.29, 1.82) is 0 Å². The summed E-state index contributed by atoms with van der Waals surface area (Å²) in [6, 6.07) is 17.0. The summed E-state index contributed by atoms with van der Waals surface area (Å²) in [6.07, 6.45) is 2.59. The van der Waals surface area contributed by atoms with Crippen LogP contribution in [-0.4, -0.2) is 56.7 Å². The Balaban J connectivity index is 1.20. The van der Waals surface area contributed by atoms with Gasteiger partial charge in [-0.1, -0.05) is 41.9 Å². The third-order valence-electron chi connectivity index (χ3n) is 5.89. The van der Waals surface area contributed by atoms with Crippen LogP contribution in [0.15, 0.2) is 65.6 Å². The fourth-order valence-corrected chi connectivity index (χ4v) is 4.35. The van der Waals surface area contributed by atoms with Crippen LogP contribution in [-0.2, 0) is 11.2 Å². The number of amides is 1. The maximum Gasteiger partial charge on any atom is 0.292 e. The molecule has 0 saturated carbocycles. The van der Waals surface area contributed by atoms with E-state index in [0.29, 0.717) is 50.4 Å². The molecule has 5 rings (SSSR count). The van der Waals surface area contributed by atoms with E-state index in [1.54, 1.807) is 18.3 Å². The molecule has 8 nitrogen and oxygen atoms in total. The number of para-hydroxylation sites is 3. The zero-order chi connectivity index (χ0) is 22.8. The van der Waals surface area contributed by atoms with Crippen molar-refractivity contribution in [2.75, 3.05) is 31.1 Å². The summed E-state index contributed by atoms with van der Waals surface area (Å²) < 4.78 is 1.30. The minimum absolute atomic E-state index is 0.0961. The van der Waals surface area contributed by atoms with E-state index in [2.05, 4.69) is 15.1 Å². The van der Waals surface area contributed by atoms with Gasteiger partial charge in [0.2, 0.25) is 5.91 Å². The maximum atomic E-state index is 12.8. The number of benzene rings is 2. The first-order valence-corrected chi connectivity index (χ1v) is 11.3. The van der Waals surface area contributed by atoms with E-state index in [-0.39, 0.29) is 16.5 Å². The third-order valence-corrected chi connectivity index (χ3v) is 6.24. The standard InChI is InChI=1S/C24H23ClN6O2/c25-23-20(16-26-31(24(23)33)17-6-2-1-3-7-17)29-12-14-30(15-13-29)22(32)11-10-21-27-18-8-4-5-9-19(18)28-21/h1-9,16H,10-15H2,(H,27,28). The molecular weight excluding hydrogens is 440 g/mol. The first-order valence-electron chi connectivity index (χ1n) is 10.9. The molecule has 2 aromatic heterocycles. The highest BCUT2D eigenvalue weighted by Gasteiger charge is 2.24. The van der Waals surface area contributed by atoms with Gasteiger partial charge in [0, 0.05) is 39.0 Å². The predicted octanol–water partition coefficient (Wildman–Crippen LogP) is 3.04. The van der Waals surface area contributed by atoms with Gasteiger partial charge in [-0.3, -0.25) is 9.59 Å². The zero-order valence-corrected chi connectivity index (χ0v) is 18.7. The van der Waals surface area contributed by atoms with E-state index in [0.717, 1.165) is 16.9 Å². The lowest BCUT2D eigenvalue weighted by atomic mass is 10.2. The Labute approximate surface area is 195 Å². The van der Waals surface area contributed by atoms with Crippen LogP contribution in [0.25, 0.3) is 16.7 Å². The van der Waals surface area contributed by atoms with Gasteiger partial charge in [-0.15, -0.1) is 0 Å². The molecular formula is C24H23ClN6O2. The van der Waals surface area contributed by atoms with E-state index >= 15 is 0 Å². The van der Waals surface area contributed by atoms with Crippen molar-refractivity contribution in [3.05, 3.63) is 82.0 Å². The number of H-pyrrole nitrogens is 1. The molecule has 0 atom stereocenters. The SMILES string of the molecule is O=C(CCc1nc2ccccc2[nH]1)N1CCN(c2cnn(-c3ccccc3)c(=O)c2Cl)CC1. The number of piperazine rings is 1. The van der Waals surface area contributed by atoms with Gasteiger partial charge in [0.25, 0.3) is 5.56 Å². The number of nitrogens with one attached hydrogen (secondary N) is 1. The predicted molar refractivity (Wildman–Crippen MR) is 128 cm³/mol. The smallest absolute Gasteiger partial charge is 0.292 e. The Bertz CT molecular complexity index is 1310. The molecule has 33 heavy (non-hydrogen) atoms. The summed E-state index contributed by atoms with van der Waals surface area (Å²) in [6.45, 7) is 2.31. The second kappa shape index (κ2) is 9.07. The van der Waals surface area contributed by atoms with Crippen LogP contribution in [0.5, 0.6) is 0 Å². The van der Waals surface area contributed by atoms with Gasteiger partial charge in [-0.25, -0.2) is 4.98 Å². The molecule has 3 heterocycles. The number of fused-ring (bicyclic) bond motifs is 1. The molecule has 0 bridgehead atoms. The first kappa shape index (κ1) is 21.2. The lowest BCUT2D eigenvalue weighted by Gasteiger charge is -2.36. The van der Waals surface area contributed by atoms with Gasteiger partial charge < -0.3 is 14.8 Å². The van der Waals surface area contributed by atoms with Gasteiger partial charge >= 0.3 is 0 Å². The average molecular weight is 463 g/mol. The summed E-state index contributed by atoms with van der Waals surface area (Å²) >= 11 is 6.43. The van der Waals surface area contributed by atoms with Gasteiger partial charge in [0.1, 0.15) is 10.8 Å². The molecule has 168 valence electrons. The summed E-state index contributed by atoms with van der Waals surface area (Å²) in [5.41, 5.74) is 2.80. The maximum absolute atomic E-state index is 12.8. The molecule has 1 amide bonds. The Kier molecular flexibility index (Phi) is 5.83. The number of carbonyl (C=O) groups excluding carboxylic acids is 1. The monoisotopic (exact) mass is 462 g/mol. The van der Waals surface area contributed by atoms with E-state index < -0.39 is 0 Å². The van der Waals surface area contributed by atoms with Crippen molar-refractivity contribution in [1.82, 2.24) is 24.6 Å². The Morgan fingerprint density at radius 3 is 2.48 bits per heavy atom. The minimum atomic E-state index is -0.357. The molecule has 1 fully saturated rings. The van der Waals surface area contributed by atoms with E-state index in [1.165, 1.54) is 4.68 Å². The van der Waals surface area contributed by atoms with Crippen LogP contribution in [0.3, 0.4) is 0 Å². The molecule has 9 heteroatoms. The third kappa shape index (κ3) is 4.34. The number of imidazole rings is 1. The van der Waals surface area contributed by atoms with E-state index in [9.17, 15) is 9.59 Å². The fourth-order valence-electron chi connectivity index (χ4n) is 4.10. The molecule has 1 aliphatic rings. The number of aromatic amines is 1. The van der Waals surface area contributed by atoms with E-state index in [4.69, 9.17) is 11.6 Å². The van der Waals surface area contributed by atoms with Crippen molar-refractivity contribution >= 4 is 34.2 Å². The van der Waals surface area contributed by atoms with Crippen molar-refractivity contribution in [2.45, 2.75) is 12.8 Å². The van der Waals surface area contributed by atoms with Crippen molar-refractivity contribution in [2.24, 2.45) is 0 Å². The van der Waals surface area contributed by atoms with Gasteiger partial charge in [-0.2, -0.15) is 9.78 Å². The second-order valence-corrected chi connectivity index (χ2v) is 8.34. The number of aryl methyl sites for hydroxylation is 1. The number of carbonyl (C=O) groups is 1. The Morgan fingerprint density at radius 1 is 1.00 bits per heavy atom. The highest BCUT2D eigenvalue weighted by atomic mass is 35.5. The number of rotatable bonds is 5. The number of halogens is 1. The second-order valence-electron chi connectivity index (χ2n) is 7.96. The lowest BCUT2D eigenvalue weighted by molar-refractivity contribution is -0.131. The van der Waals surface area contributed by atoms with Crippen LogP contribution in [0.2, 0.25) is 5.02 Å². The molecule has 0 radical (unpaired) electrons. The average Bonchev–Trinajstić information content (AvgIpc) is 3.28. The minimum Gasteiger partial charge on any atom is -0.365 e. The summed E-state index contributed by atoms with van der Waals surface area (Å²) in [7, 11) is 0. The normalized spacial score (nSPS) is 14.1. The molecule has 1 saturated heterocycles. The topological polar surface area (TPSA) is 87.1 Å². The molecule has 4 aromatic rings. The van der Waals surface area contributed by atoms with Gasteiger partial charge in [0.05, 0.1) is 28.6 Å². The summed E-state index contributed by atoms with van der Waals surface area (Å²) in [4.78, 5) is 37.2. The number of aromatic nitrogens is 4. The number of hydrogen-bond donors (Lipinski definition) is 1. The molecule has 1 N–H and O–H groups in total. The first-order chi connectivity index (χ1) is 16.1. The molecule has 0 spiro atoms. The highest BCUT2D eigenvalue weighted by Crippen LogP contribution is 2.23. The quantitative estimate of drug-likeness (QED) is 0.492. The largest absolute Gasteiger partial charge is 0.365 e. The van der Waals surface area contributed by atoms with Crippen molar-refractivity contribution in [3.8, 4) is 5.69 Å². The van der Waals surface area contributed by atoms with E-state index in [1.807, 2.05) is 52.3 Å². The van der Waals surface area contributed by atoms with Crippen LogP contribution in [0.1, 0.15) is 12.2 Å². The summed E-state index contributed by atoms with van der Waals surface area (Å²) in [5, 5.41) is 4.44. The summed E-state index contributed by atoms with van der Waals surface area (Å²) in [5.74, 6) is 0.916. The van der Waals surface area contributed by atoms with Crippen LogP contribution < -0.4 is 10.5 Å². The Hall–Kier alpha value is -3.65. The molecule has 2 aromatic carbocycles. The van der Waals surface area contributed by atoms with Crippen molar-refractivity contribution in [3.63, 3.8) is 0 Å². The number of nitrogens with zero attached hydrogens (tertiary/aromatic N) is 5. The molecule has 1 aliphatic heterocycles. The Morgan fingerprint density at radius 2 is 1.73 bits per heavy atom. The fraction of sp³-hybridized carbons (Fsp3) is 0.250. The number of hydrogen-bond acceptors (Lipinski definition) is 5.